The predicted octanol–water partition coefficient (Wildman–Crippen LogP) is 4.81. The van der Waals surface area contributed by atoms with Crippen LogP contribution in [0, 0.1) is 0 Å². The number of methoxy groups -OCH3 is 1. The lowest BCUT2D eigenvalue weighted by atomic mass is 10.2. The van der Waals surface area contributed by atoms with Crippen molar-refractivity contribution >= 4 is 40.1 Å². The van der Waals surface area contributed by atoms with Crippen molar-refractivity contribution in [3.8, 4) is 5.75 Å². The summed E-state index contributed by atoms with van der Waals surface area (Å²) in [6.07, 6.45) is 2.66. The Hall–Kier alpha value is -3.65. The maximum absolute atomic E-state index is 13.3. The third-order valence-corrected chi connectivity index (χ3v) is 6.56. The first-order chi connectivity index (χ1) is 16.6. The molecule has 0 bridgehead atoms. The summed E-state index contributed by atoms with van der Waals surface area (Å²) in [5.74, 6) is 0.146. The number of para-hydroxylation sites is 2. The Balaban J connectivity index is 1.54. The molecule has 1 aromatic heterocycles. The Morgan fingerprint density at radius 1 is 1.12 bits per heavy atom. The summed E-state index contributed by atoms with van der Waals surface area (Å²) in [6, 6.07) is 20.7. The molecule has 4 rings (SSSR count). The lowest BCUT2D eigenvalue weighted by Gasteiger charge is -2.16. The summed E-state index contributed by atoms with van der Waals surface area (Å²) in [7, 11) is 1.55. The number of rotatable bonds is 8. The van der Waals surface area contributed by atoms with Crippen LogP contribution in [-0.2, 0) is 22.6 Å². The number of hydrogen-bond donors (Lipinski definition) is 1. The molecule has 0 spiro atoms. The molecule has 0 aliphatic carbocycles. The van der Waals surface area contributed by atoms with Gasteiger partial charge in [0.2, 0.25) is 11.8 Å². The van der Waals surface area contributed by atoms with Crippen LogP contribution in [0.2, 0.25) is 0 Å². The molecule has 34 heavy (non-hydrogen) atoms. The molecule has 1 saturated heterocycles. The smallest absolute Gasteiger partial charge is 0.243 e. The molecule has 1 atom stereocenters. The van der Waals surface area contributed by atoms with Crippen LogP contribution < -0.4 is 10.1 Å². The van der Waals surface area contributed by atoms with Gasteiger partial charge in [0.15, 0.2) is 5.17 Å². The molecule has 8 heteroatoms. The number of thioether (sulfide) groups is 1. The topological polar surface area (TPSA) is 83.9 Å². The minimum atomic E-state index is -0.577. The van der Waals surface area contributed by atoms with Gasteiger partial charge in [-0.3, -0.25) is 19.5 Å². The highest BCUT2D eigenvalue weighted by molar-refractivity contribution is 8.15. The van der Waals surface area contributed by atoms with Crippen LogP contribution in [0.5, 0.6) is 5.75 Å². The van der Waals surface area contributed by atoms with E-state index in [4.69, 9.17) is 9.73 Å². The second-order valence-corrected chi connectivity index (χ2v) is 8.89. The van der Waals surface area contributed by atoms with E-state index in [0.29, 0.717) is 23.1 Å². The Morgan fingerprint density at radius 3 is 2.59 bits per heavy atom. The van der Waals surface area contributed by atoms with Crippen LogP contribution in [0.4, 0.5) is 11.4 Å². The van der Waals surface area contributed by atoms with Crippen molar-refractivity contribution in [3.05, 3.63) is 84.2 Å². The molecule has 1 aliphatic heterocycles. The van der Waals surface area contributed by atoms with Crippen molar-refractivity contribution < 1.29 is 14.3 Å². The van der Waals surface area contributed by atoms with Gasteiger partial charge >= 0.3 is 0 Å². The molecule has 1 aliphatic rings. The normalized spacial score (nSPS) is 16.6. The molecule has 0 radical (unpaired) electrons. The fraction of sp³-hybridized carbons (Fsp3) is 0.231. The van der Waals surface area contributed by atoms with Gasteiger partial charge in [-0.1, -0.05) is 49.0 Å². The van der Waals surface area contributed by atoms with E-state index in [1.807, 2.05) is 54.6 Å². The third kappa shape index (κ3) is 5.63. The largest absolute Gasteiger partial charge is 0.495 e. The van der Waals surface area contributed by atoms with E-state index in [0.717, 1.165) is 17.8 Å². The molecular weight excluding hydrogens is 448 g/mol. The van der Waals surface area contributed by atoms with Crippen molar-refractivity contribution in [2.75, 3.05) is 12.4 Å². The number of carbonyl (C=O) groups excluding carboxylic acids is 2. The number of aryl methyl sites for hydroxylation is 1. The van der Waals surface area contributed by atoms with Gasteiger partial charge in [-0.05, 0) is 48.4 Å². The fourth-order valence-corrected chi connectivity index (χ4v) is 4.72. The number of amides is 2. The highest BCUT2D eigenvalue weighted by Crippen LogP contribution is 2.33. The SMILES string of the molecule is CCc1ccc(N=C2SC(CC(=O)Nc3ccccc3OC)C(=O)N2Cc2ccccn2)cc1. The molecule has 1 unspecified atom stereocenters. The predicted molar refractivity (Wildman–Crippen MR) is 135 cm³/mol. The number of carbonyl (C=O) groups is 2. The van der Waals surface area contributed by atoms with Crippen LogP contribution in [0.3, 0.4) is 0 Å². The van der Waals surface area contributed by atoms with Gasteiger partial charge in [0.1, 0.15) is 11.0 Å². The lowest BCUT2D eigenvalue weighted by Crippen LogP contribution is -2.33. The average molecular weight is 475 g/mol. The average Bonchev–Trinajstić information content (AvgIpc) is 3.14. The van der Waals surface area contributed by atoms with Gasteiger partial charge < -0.3 is 10.1 Å². The number of ether oxygens (including phenoxy) is 1. The summed E-state index contributed by atoms with van der Waals surface area (Å²) in [5, 5.41) is 2.84. The van der Waals surface area contributed by atoms with Crippen molar-refractivity contribution in [1.82, 2.24) is 9.88 Å². The summed E-state index contributed by atoms with van der Waals surface area (Å²) in [6.45, 7) is 2.39. The van der Waals surface area contributed by atoms with Crippen LogP contribution in [0.25, 0.3) is 0 Å². The molecule has 174 valence electrons. The fourth-order valence-electron chi connectivity index (χ4n) is 3.56. The summed E-state index contributed by atoms with van der Waals surface area (Å²) in [5.41, 5.74) is 3.30. The molecular formula is C26H26N4O3S. The minimum Gasteiger partial charge on any atom is -0.495 e. The van der Waals surface area contributed by atoms with E-state index >= 15 is 0 Å². The number of nitrogens with one attached hydrogen (secondary N) is 1. The Bertz CT molecular complexity index is 1180. The number of aliphatic imine (C=N–C) groups is 1. The van der Waals surface area contributed by atoms with Crippen LogP contribution in [0.1, 0.15) is 24.6 Å². The number of nitrogens with zero attached hydrogens (tertiary/aromatic N) is 3. The van der Waals surface area contributed by atoms with Gasteiger partial charge in [-0.15, -0.1) is 0 Å². The Labute approximate surface area is 203 Å². The van der Waals surface area contributed by atoms with E-state index in [1.54, 1.807) is 30.3 Å². The molecule has 2 aromatic carbocycles. The van der Waals surface area contributed by atoms with Gasteiger partial charge in [0, 0.05) is 12.6 Å². The molecule has 3 aromatic rings. The first-order valence-electron chi connectivity index (χ1n) is 11.1. The lowest BCUT2D eigenvalue weighted by molar-refractivity contribution is -0.128. The second-order valence-electron chi connectivity index (χ2n) is 7.72. The standard InChI is InChI=1S/C26H26N4O3S/c1-3-18-11-13-19(14-12-18)28-26-30(17-20-8-6-7-15-27-20)25(32)23(34-26)16-24(31)29-21-9-4-5-10-22(21)33-2/h4-15,23H,3,16-17H2,1-2H3,(H,29,31). The zero-order valence-corrected chi connectivity index (χ0v) is 19.9. The number of anilines is 1. The molecule has 7 nitrogen and oxygen atoms in total. The molecule has 2 heterocycles. The van der Waals surface area contributed by atoms with Gasteiger partial charge in [-0.2, -0.15) is 0 Å². The number of aromatic nitrogens is 1. The van der Waals surface area contributed by atoms with Crippen molar-refractivity contribution in [2.45, 2.75) is 31.6 Å². The number of pyridine rings is 1. The molecule has 1 N–H and O–H groups in total. The van der Waals surface area contributed by atoms with Crippen LogP contribution in [0.15, 0.2) is 77.9 Å². The van der Waals surface area contributed by atoms with Crippen molar-refractivity contribution in [1.29, 1.82) is 0 Å². The minimum absolute atomic E-state index is 0.0219. The van der Waals surface area contributed by atoms with Gasteiger partial charge in [0.25, 0.3) is 0 Å². The van der Waals surface area contributed by atoms with Gasteiger partial charge in [0.05, 0.1) is 30.7 Å². The highest BCUT2D eigenvalue weighted by atomic mass is 32.2. The van der Waals surface area contributed by atoms with E-state index in [9.17, 15) is 9.59 Å². The zero-order valence-electron chi connectivity index (χ0n) is 19.1. The summed E-state index contributed by atoms with van der Waals surface area (Å²) < 4.78 is 5.30. The Morgan fingerprint density at radius 2 is 1.88 bits per heavy atom. The first-order valence-corrected chi connectivity index (χ1v) is 11.9. The maximum Gasteiger partial charge on any atom is 0.243 e. The summed E-state index contributed by atoms with van der Waals surface area (Å²) >= 11 is 1.31. The van der Waals surface area contributed by atoms with Gasteiger partial charge in [-0.25, -0.2) is 4.99 Å². The molecule has 0 saturated carbocycles. The highest BCUT2D eigenvalue weighted by Gasteiger charge is 2.39. The quantitative estimate of drug-likeness (QED) is 0.506. The first kappa shape index (κ1) is 23.5. The monoisotopic (exact) mass is 474 g/mol. The van der Waals surface area contributed by atoms with E-state index in [2.05, 4.69) is 17.2 Å². The number of amidine groups is 1. The Kier molecular flexibility index (Phi) is 7.59. The zero-order chi connectivity index (χ0) is 23.9. The number of benzene rings is 2. The number of hydrogen-bond acceptors (Lipinski definition) is 6. The van der Waals surface area contributed by atoms with Crippen molar-refractivity contribution in [2.24, 2.45) is 4.99 Å². The third-order valence-electron chi connectivity index (χ3n) is 5.39. The molecule has 2 amide bonds. The van der Waals surface area contributed by atoms with Crippen molar-refractivity contribution in [3.63, 3.8) is 0 Å². The summed E-state index contributed by atoms with van der Waals surface area (Å²) in [4.78, 5) is 36.8. The van der Waals surface area contributed by atoms with Crippen LogP contribution >= 0.6 is 11.8 Å². The molecule has 1 fully saturated rings. The van der Waals surface area contributed by atoms with E-state index in [1.165, 1.54) is 17.3 Å². The van der Waals surface area contributed by atoms with Crippen LogP contribution in [-0.4, -0.2) is 39.2 Å². The maximum atomic E-state index is 13.3. The second kappa shape index (κ2) is 11.0. The van der Waals surface area contributed by atoms with E-state index in [-0.39, 0.29) is 18.2 Å². The van der Waals surface area contributed by atoms with E-state index < -0.39 is 5.25 Å².